The van der Waals surface area contributed by atoms with E-state index >= 15 is 0 Å². The second kappa shape index (κ2) is 6.73. The average Bonchev–Trinajstić information content (AvgIpc) is 2.44. The second-order valence-corrected chi connectivity index (χ2v) is 6.98. The molecule has 1 aromatic rings. The molecule has 10 heteroatoms. The number of nitrogens with zero attached hydrogens (tertiary/aromatic N) is 2. The predicted molar refractivity (Wildman–Crippen MR) is 79.8 cm³/mol. The van der Waals surface area contributed by atoms with Crippen LogP contribution in [0.3, 0.4) is 0 Å². The molecule has 0 radical (unpaired) electrons. The van der Waals surface area contributed by atoms with Gasteiger partial charge in [-0.05, 0) is 19.1 Å². The fraction of sp³-hybridized carbons (Fsp3) is 0.385. The molecule has 1 atom stereocenters. The van der Waals surface area contributed by atoms with Crippen molar-refractivity contribution < 1.29 is 27.7 Å². The molecule has 126 valence electrons. The van der Waals surface area contributed by atoms with E-state index in [1.54, 1.807) is 0 Å². The van der Waals surface area contributed by atoms with Gasteiger partial charge in [0, 0.05) is 26.4 Å². The summed E-state index contributed by atoms with van der Waals surface area (Å²) >= 11 is 0. The van der Waals surface area contributed by atoms with Crippen LogP contribution >= 0.6 is 0 Å². The Hall–Kier alpha value is -2.49. The molecule has 23 heavy (non-hydrogen) atoms. The van der Waals surface area contributed by atoms with Crippen LogP contribution in [0.1, 0.15) is 17.3 Å². The molecule has 1 rings (SSSR count). The van der Waals surface area contributed by atoms with Crippen LogP contribution < -0.4 is 0 Å². The molecule has 9 nitrogen and oxygen atoms in total. The van der Waals surface area contributed by atoms with E-state index in [0.29, 0.717) is 0 Å². The topological polar surface area (TPSA) is 124 Å². The Labute approximate surface area is 132 Å². The van der Waals surface area contributed by atoms with Crippen molar-refractivity contribution in [3.63, 3.8) is 0 Å². The van der Waals surface area contributed by atoms with Crippen LogP contribution in [0.5, 0.6) is 0 Å². The monoisotopic (exact) mass is 344 g/mol. The van der Waals surface area contributed by atoms with Gasteiger partial charge >= 0.3 is 5.97 Å². The van der Waals surface area contributed by atoms with Gasteiger partial charge in [-0.1, -0.05) is 0 Å². The molecular formula is C13H16N2O7S. The van der Waals surface area contributed by atoms with Crippen LogP contribution in [0.2, 0.25) is 0 Å². The van der Waals surface area contributed by atoms with Crippen molar-refractivity contribution in [3.8, 4) is 0 Å². The first-order valence-corrected chi connectivity index (χ1v) is 8.25. The number of carbonyl (C=O) groups excluding carboxylic acids is 2. The lowest BCUT2D eigenvalue weighted by Crippen LogP contribution is -2.34. The number of hydrogen-bond acceptors (Lipinski definition) is 7. The average molecular weight is 344 g/mol. The Balaban J connectivity index is 3.15. The number of rotatable bonds is 5. The van der Waals surface area contributed by atoms with E-state index in [4.69, 9.17) is 4.74 Å². The number of benzene rings is 1. The highest BCUT2D eigenvalue weighted by molar-refractivity contribution is 7.90. The standard InChI is InChI=1S/C13H16N2O7S/c1-8(12(16)14(2)3)22-13(17)9-5-6-11(23(4,20)21)10(7-9)15(18)19/h5-8H,1-4H3/t8-/m0/s1. The highest BCUT2D eigenvalue weighted by Gasteiger charge is 2.26. The maximum absolute atomic E-state index is 12.0. The van der Waals surface area contributed by atoms with Gasteiger partial charge in [0.05, 0.1) is 10.5 Å². The molecule has 1 aromatic carbocycles. The van der Waals surface area contributed by atoms with Gasteiger partial charge in [-0.3, -0.25) is 14.9 Å². The van der Waals surface area contributed by atoms with Gasteiger partial charge in [0.15, 0.2) is 15.9 Å². The maximum atomic E-state index is 12.0. The number of ether oxygens (including phenoxy) is 1. The van der Waals surface area contributed by atoms with Gasteiger partial charge in [-0.25, -0.2) is 13.2 Å². The maximum Gasteiger partial charge on any atom is 0.339 e. The number of amides is 1. The van der Waals surface area contributed by atoms with Gasteiger partial charge in [0.25, 0.3) is 11.6 Å². The lowest BCUT2D eigenvalue weighted by Gasteiger charge is -2.17. The van der Waals surface area contributed by atoms with Crippen molar-refractivity contribution in [3.05, 3.63) is 33.9 Å². The third-order valence-electron chi connectivity index (χ3n) is 2.86. The summed E-state index contributed by atoms with van der Waals surface area (Å²) in [5.41, 5.74) is -0.948. The van der Waals surface area contributed by atoms with Crippen molar-refractivity contribution in [1.29, 1.82) is 0 Å². The fourth-order valence-corrected chi connectivity index (χ4v) is 2.57. The molecular weight excluding hydrogens is 328 g/mol. The van der Waals surface area contributed by atoms with Gasteiger partial charge in [0.1, 0.15) is 4.90 Å². The minimum absolute atomic E-state index is 0.220. The Bertz CT molecular complexity index is 756. The summed E-state index contributed by atoms with van der Waals surface area (Å²) in [4.78, 5) is 34.4. The zero-order chi connectivity index (χ0) is 17.9. The van der Waals surface area contributed by atoms with Crippen LogP contribution in [0.25, 0.3) is 0 Å². The smallest absolute Gasteiger partial charge is 0.339 e. The molecule has 0 heterocycles. The van der Waals surface area contributed by atoms with Crippen LogP contribution in [-0.4, -0.2) is 56.6 Å². The van der Waals surface area contributed by atoms with Crippen molar-refractivity contribution in [2.24, 2.45) is 0 Å². The zero-order valence-electron chi connectivity index (χ0n) is 13.0. The molecule has 0 saturated heterocycles. The third kappa shape index (κ3) is 4.49. The van der Waals surface area contributed by atoms with Crippen molar-refractivity contribution in [2.45, 2.75) is 17.9 Å². The molecule has 0 aliphatic rings. The Morgan fingerprint density at radius 2 is 1.87 bits per heavy atom. The van der Waals surface area contributed by atoms with Crippen molar-refractivity contribution in [2.75, 3.05) is 20.4 Å². The predicted octanol–water partition coefficient (Wildman–Crippen LogP) is 0.632. The summed E-state index contributed by atoms with van der Waals surface area (Å²) in [6.45, 7) is 1.36. The van der Waals surface area contributed by atoms with Gasteiger partial charge in [0.2, 0.25) is 0 Å². The summed E-state index contributed by atoms with van der Waals surface area (Å²) in [5, 5.41) is 11.0. The summed E-state index contributed by atoms with van der Waals surface area (Å²) in [5.74, 6) is -1.42. The van der Waals surface area contributed by atoms with E-state index in [-0.39, 0.29) is 5.56 Å². The quantitative estimate of drug-likeness (QED) is 0.436. The zero-order valence-corrected chi connectivity index (χ0v) is 13.8. The minimum atomic E-state index is -3.82. The molecule has 0 saturated carbocycles. The molecule has 0 unspecified atom stereocenters. The minimum Gasteiger partial charge on any atom is -0.449 e. The van der Waals surface area contributed by atoms with E-state index in [1.165, 1.54) is 25.9 Å². The molecule has 0 spiro atoms. The van der Waals surface area contributed by atoms with Crippen LogP contribution in [-0.2, 0) is 19.4 Å². The first-order valence-electron chi connectivity index (χ1n) is 6.35. The third-order valence-corrected chi connectivity index (χ3v) is 4.01. The number of likely N-dealkylation sites (N-methyl/N-ethyl adjacent to an activating group) is 1. The molecule has 0 fully saturated rings. The molecule has 0 N–H and O–H groups in total. The van der Waals surface area contributed by atoms with Crippen molar-refractivity contribution >= 4 is 27.4 Å². The number of sulfone groups is 1. The van der Waals surface area contributed by atoms with Crippen LogP contribution in [0.15, 0.2) is 23.1 Å². The number of nitro benzene ring substituents is 1. The van der Waals surface area contributed by atoms with E-state index in [0.717, 1.165) is 24.5 Å². The van der Waals surface area contributed by atoms with E-state index in [1.807, 2.05) is 0 Å². The largest absolute Gasteiger partial charge is 0.449 e. The van der Waals surface area contributed by atoms with Gasteiger partial charge in [-0.2, -0.15) is 0 Å². The van der Waals surface area contributed by atoms with Gasteiger partial charge < -0.3 is 9.64 Å². The van der Waals surface area contributed by atoms with Crippen LogP contribution in [0.4, 0.5) is 5.69 Å². The number of nitro groups is 1. The normalized spacial score (nSPS) is 12.3. The Morgan fingerprint density at radius 1 is 1.30 bits per heavy atom. The van der Waals surface area contributed by atoms with Crippen molar-refractivity contribution in [1.82, 2.24) is 4.90 Å². The Morgan fingerprint density at radius 3 is 2.30 bits per heavy atom. The Kier molecular flexibility index (Phi) is 5.43. The highest BCUT2D eigenvalue weighted by Crippen LogP contribution is 2.25. The number of esters is 1. The molecule has 0 aliphatic carbocycles. The molecule has 1 amide bonds. The fourth-order valence-electron chi connectivity index (χ4n) is 1.74. The summed E-state index contributed by atoms with van der Waals surface area (Å²) in [6.07, 6.45) is -0.253. The van der Waals surface area contributed by atoms with E-state index in [9.17, 15) is 28.1 Å². The number of hydrogen-bond donors (Lipinski definition) is 0. The first kappa shape index (κ1) is 18.6. The molecule has 0 aromatic heterocycles. The summed E-state index contributed by atoms with van der Waals surface area (Å²) < 4.78 is 27.9. The first-order chi connectivity index (χ1) is 10.4. The highest BCUT2D eigenvalue weighted by atomic mass is 32.2. The summed E-state index contributed by atoms with van der Waals surface area (Å²) in [7, 11) is -0.854. The number of carbonyl (C=O) groups is 2. The summed E-state index contributed by atoms with van der Waals surface area (Å²) in [6, 6.07) is 2.87. The lowest BCUT2D eigenvalue weighted by atomic mass is 10.2. The van der Waals surface area contributed by atoms with E-state index in [2.05, 4.69) is 0 Å². The van der Waals surface area contributed by atoms with Gasteiger partial charge in [-0.15, -0.1) is 0 Å². The second-order valence-electron chi connectivity index (χ2n) is 4.99. The molecule has 0 bridgehead atoms. The SMILES string of the molecule is C[C@H](OC(=O)c1ccc(S(C)(=O)=O)c([N+](=O)[O-])c1)C(=O)N(C)C. The molecule has 0 aliphatic heterocycles. The van der Waals surface area contributed by atoms with Crippen LogP contribution in [0, 0.1) is 10.1 Å². The lowest BCUT2D eigenvalue weighted by molar-refractivity contribution is -0.387. The van der Waals surface area contributed by atoms with E-state index < -0.39 is 43.3 Å².